The van der Waals surface area contributed by atoms with Crippen LogP contribution in [-0.2, 0) is 16.0 Å². The molecule has 1 aromatic heterocycles. The van der Waals surface area contributed by atoms with Crippen LogP contribution in [0.5, 0.6) is 0 Å². The van der Waals surface area contributed by atoms with Gasteiger partial charge in [0.15, 0.2) is 0 Å². The zero-order valence-corrected chi connectivity index (χ0v) is 15.5. The summed E-state index contributed by atoms with van der Waals surface area (Å²) in [4.78, 5) is 27.8. The van der Waals surface area contributed by atoms with Crippen LogP contribution in [0.25, 0.3) is 10.6 Å². The van der Waals surface area contributed by atoms with Crippen LogP contribution in [0.1, 0.15) is 25.0 Å². The van der Waals surface area contributed by atoms with E-state index < -0.39 is 12.0 Å². The summed E-state index contributed by atoms with van der Waals surface area (Å²) in [5, 5.41) is 15.3. The maximum absolute atomic E-state index is 12.1. The van der Waals surface area contributed by atoms with Gasteiger partial charge < -0.3 is 10.4 Å². The molecule has 5 nitrogen and oxygen atoms in total. The van der Waals surface area contributed by atoms with Crippen LogP contribution in [0, 0.1) is 5.92 Å². The third-order valence-corrected chi connectivity index (χ3v) is 5.43. The molecule has 0 aliphatic heterocycles. The van der Waals surface area contributed by atoms with Gasteiger partial charge in [-0.1, -0.05) is 36.0 Å². The molecule has 25 heavy (non-hydrogen) atoms. The van der Waals surface area contributed by atoms with Crippen molar-refractivity contribution in [3.63, 3.8) is 0 Å². The summed E-state index contributed by atoms with van der Waals surface area (Å²) in [6.07, 6.45) is 2.60. The number of aliphatic carboxylic acids is 1. The van der Waals surface area contributed by atoms with E-state index in [1.807, 2.05) is 0 Å². The van der Waals surface area contributed by atoms with Crippen LogP contribution in [0.4, 0.5) is 0 Å². The molecule has 1 atom stereocenters. The van der Waals surface area contributed by atoms with Crippen molar-refractivity contribution in [2.24, 2.45) is 5.92 Å². The van der Waals surface area contributed by atoms with Gasteiger partial charge in [0, 0.05) is 16.0 Å². The summed E-state index contributed by atoms with van der Waals surface area (Å²) in [5.41, 5.74) is 1.33. The molecule has 0 saturated heterocycles. The number of aromatic nitrogens is 1. The molecule has 1 saturated carbocycles. The van der Waals surface area contributed by atoms with Crippen molar-refractivity contribution >= 4 is 46.4 Å². The minimum absolute atomic E-state index is 0.0379. The molecular formula is C17H16Cl2N2O3S. The van der Waals surface area contributed by atoms with Gasteiger partial charge in [0.25, 0.3) is 0 Å². The second-order valence-corrected chi connectivity index (χ2v) is 7.78. The first-order valence-corrected chi connectivity index (χ1v) is 9.48. The van der Waals surface area contributed by atoms with Crippen LogP contribution >= 0.6 is 34.5 Å². The Labute approximate surface area is 159 Å². The van der Waals surface area contributed by atoms with E-state index in [2.05, 4.69) is 10.3 Å². The van der Waals surface area contributed by atoms with Gasteiger partial charge in [-0.3, -0.25) is 4.79 Å². The summed E-state index contributed by atoms with van der Waals surface area (Å²) in [7, 11) is 0. The Bertz CT molecular complexity index is 805. The Kier molecular flexibility index (Phi) is 5.61. The normalized spacial score (nSPS) is 15.0. The van der Waals surface area contributed by atoms with E-state index in [-0.39, 0.29) is 12.3 Å². The number of hydrogen-bond donors (Lipinski definition) is 2. The summed E-state index contributed by atoms with van der Waals surface area (Å²) in [6, 6.07) is 4.32. The van der Waals surface area contributed by atoms with Crippen molar-refractivity contribution in [2.45, 2.75) is 31.7 Å². The minimum atomic E-state index is -0.993. The molecule has 1 unspecified atom stereocenters. The topological polar surface area (TPSA) is 79.3 Å². The number of carboxylic acids is 1. The minimum Gasteiger partial charge on any atom is -0.480 e. The number of nitrogens with one attached hydrogen (secondary N) is 1. The smallest absolute Gasteiger partial charge is 0.326 e. The van der Waals surface area contributed by atoms with Crippen molar-refractivity contribution in [3.8, 4) is 10.6 Å². The molecule has 2 aromatic rings. The highest BCUT2D eigenvalue weighted by molar-refractivity contribution is 7.13. The zero-order chi connectivity index (χ0) is 18.0. The first-order valence-electron chi connectivity index (χ1n) is 7.84. The number of thiazole rings is 1. The summed E-state index contributed by atoms with van der Waals surface area (Å²) in [5.74, 6) is -0.918. The number of rotatable bonds is 7. The molecule has 2 N–H and O–H groups in total. The van der Waals surface area contributed by atoms with E-state index in [1.54, 1.807) is 23.6 Å². The average molecular weight is 399 g/mol. The van der Waals surface area contributed by atoms with Crippen molar-refractivity contribution in [2.75, 3.05) is 0 Å². The van der Waals surface area contributed by atoms with Crippen LogP contribution in [0.15, 0.2) is 23.6 Å². The fraction of sp³-hybridized carbons (Fsp3) is 0.353. The third kappa shape index (κ3) is 4.93. The van der Waals surface area contributed by atoms with E-state index in [1.165, 1.54) is 11.3 Å². The monoisotopic (exact) mass is 398 g/mol. The number of carbonyl (C=O) groups is 2. The number of carboxylic acid groups (broad SMARTS) is 1. The first kappa shape index (κ1) is 18.2. The lowest BCUT2D eigenvalue weighted by Crippen LogP contribution is -2.41. The summed E-state index contributed by atoms with van der Waals surface area (Å²) < 4.78 is 0. The Morgan fingerprint density at radius 3 is 2.76 bits per heavy atom. The fourth-order valence-corrected chi connectivity index (χ4v) is 3.91. The van der Waals surface area contributed by atoms with Gasteiger partial charge in [0.05, 0.1) is 17.1 Å². The molecule has 0 spiro atoms. The predicted octanol–water partition coefficient (Wildman–Crippen LogP) is 4.03. The lowest BCUT2D eigenvalue weighted by molar-refractivity contribution is -0.142. The highest BCUT2D eigenvalue weighted by Gasteiger charge is 2.30. The molecule has 8 heteroatoms. The molecule has 1 heterocycles. The van der Waals surface area contributed by atoms with E-state index in [9.17, 15) is 14.7 Å². The third-order valence-electron chi connectivity index (χ3n) is 3.95. The number of amides is 1. The van der Waals surface area contributed by atoms with E-state index in [0.717, 1.165) is 18.4 Å². The summed E-state index contributed by atoms with van der Waals surface area (Å²) >= 11 is 13.4. The molecule has 132 valence electrons. The molecule has 0 radical (unpaired) electrons. The SMILES string of the molecule is O=C(Cc1csc(-c2ccc(Cl)cc2Cl)n1)NC(CC1CC1)C(=O)O. The largest absolute Gasteiger partial charge is 0.480 e. The fourth-order valence-electron chi connectivity index (χ4n) is 2.49. The molecular weight excluding hydrogens is 383 g/mol. The highest BCUT2D eigenvalue weighted by atomic mass is 35.5. The number of carbonyl (C=O) groups excluding carboxylic acids is 1. The maximum Gasteiger partial charge on any atom is 0.326 e. The molecule has 1 fully saturated rings. The van der Waals surface area contributed by atoms with Crippen LogP contribution < -0.4 is 5.32 Å². The molecule has 1 aliphatic carbocycles. The van der Waals surface area contributed by atoms with Crippen LogP contribution in [0.3, 0.4) is 0 Å². The van der Waals surface area contributed by atoms with Crippen molar-refractivity contribution in [1.29, 1.82) is 0 Å². The van der Waals surface area contributed by atoms with Crippen molar-refractivity contribution in [1.82, 2.24) is 10.3 Å². The Morgan fingerprint density at radius 1 is 1.36 bits per heavy atom. The lowest BCUT2D eigenvalue weighted by Gasteiger charge is -2.13. The Morgan fingerprint density at radius 2 is 2.12 bits per heavy atom. The van der Waals surface area contributed by atoms with Crippen molar-refractivity contribution < 1.29 is 14.7 Å². The van der Waals surface area contributed by atoms with Gasteiger partial charge in [-0.15, -0.1) is 11.3 Å². The molecule has 1 aliphatic rings. The highest BCUT2D eigenvalue weighted by Crippen LogP contribution is 2.34. The molecule has 1 amide bonds. The van der Waals surface area contributed by atoms with Gasteiger partial charge in [0.1, 0.15) is 11.0 Å². The Hall–Kier alpha value is -1.63. The average Bonchev–Trinajstić information content (AvgIpc) is 3.24. The number of nitrogens with zero attached hydrogens (tertiary/aromatic N) is 1. The number of hydrogen-bond acceptors (Lipinski definition) is 4. The maximum atomic E-state index is 12.1. The van der Waals surface area contributed by atoms with Gasteiger partial charge in [-0.2, -0.15) is 0 Å². The lowest BCUT2D eigenvalue weighted by atomic mass is 10.1. The molecule has 3 rings (SSSR count). The van der Waals surface area contributed by atoms with Gasteiger partial charge in [0.2, 0.25) is 5.91 Å². The van der Waals surface area contributed by atoms with E-state index in [0.29, 0.717) is 33.1 Å². The van der Waals surface area contributed by atoms with E-state index in [4.69, 9.17) is 23.2 Å². The second kappa shape index (κ2) is 7.72. The standard InChI is InChI=1S/C17H16Cl2N2O3S/c18-10-3-4-12(13(19)6-10)16-20-11(8-25-16)7-15(22)21-14(17(23)24)5-9-1-2-9/h3-4,6,8-9,14H,1-2,5,7H2,(H,21,22)(H,23,24). The Balaban J connectivity index is 1.64. The first-order chi connectivity index (χ1) is 11.9. The molecule has 1 aromatic carbocycles. The van der Waals surface area contributed by atoms with Gasteiger partial charge in [-0.25, -0.2) is 9.78 Å². The number of halogens is 2. The summed E-state index contributed by atoms with van der Waals surface area (Å²) in [6.45, 7) is 0. The van der Waals surface area contributed by atoms with Gasteiger partial charge in [-0.05, 0) is 30.5 Å². The van der Waals surface area contributed by atoms with Crippen LogP contribution in [-0.4, -0.2) is 28.0 Å². The molecule has 0 bridgehead atoms. The zero-order valence-electron chi connectivity index (χ0n) is 13.2. The predicted molar refractivity (Wildman–Crippen MR) is 98.2 cm³/mol. The van der Waals surface area contributed by atoms with Crippen LogP contribution in [0.2, 0.25) is 10.0 Å². The second-order valence-electron chi connectivity index (χ2n) is 6.08. The van der Waals surface area contributed by atoms with E-state index >= 15 is 0 Å². The van der Waals surface area contributed by atoms with Gasteiger partial charge >= 0.3 is 5.97 Å². The number of benzene rings is 1. The van der Waals surface area contributed by atoms with Crippen molar-refractivity contribution in [3.05, 3.63) is 39.3 Å². The quantitative estimate of drug-likeness (QED) is 0.737.